The summed E-state index contributed by atoms with van der Waals surface area (Å²) in [4.78, 5) is 0. The summed E-state index contributed by atoms with van der Waals surface area (Å²) in [5.74, 6) is -0.287. The Balaban J connectivity index is 0. The van der Waals surface area contributed by atoms with Crippen LogP contribution in [-0.4, -0.2) is 6.36 Å². The first-order chi connectivity index (χ1) is 6.94. The molecule has 0 aliphatic rings. The Morgan fingerprint density at radius 2 is 1.67 bits per heavy atom. The number of allylic oxidation sites excluding steroid dienone is 3. The highest BCUT2D eigenvalue weighted by Crippen LogP contribution is 2.24. The third-order valence-corrected chi connectivity index (χ3v) is 1.35. The van der Waals surface area contributed by atoms with Gasteiger partial charge in [-0.1, -0.05) is 40.0 Å². The molecule has 0 saturated heterocycles. The van der Waals surface area contributed by atoms with Crippen LogP contribution >= 0.6 is 0 Å². The first-order valence-corrected chi connectivity index (χ1v) is 4.68. The standard InChI is InChI=1S/C9H11F3O.C2H6/c1-4-7(5-2)8(6-3)13-9(10,11)12;1-2/h4,6H,1,3,5H2,2H3;1-2H3/b8-7-;. The molecule has 0 aliphatic carbocycles. The lowest BCUT2D eigenvalue weighted by atomic mass is 10.1. The second kappa shape index (κ2) is 8.15. The molecule has 1 nitrogen and oxygen atoms in total. The average molecular weight is 222 g/mol. The Labute approximate surface area is 88.9 Å². The van der Waals surface area contributed by atoms with Crippen molar-refractivity contribution in [3.05, 3.63) is 36.6 Å². The summed E-state index contributed by atoms with van der Waals surface area (Å²) in [7, 11) is 0. The third-order valence-electron chi connectivity index (χ3n) is 1.35. The SMILES string of the molecule is C=C/C(CC)=C(\C=C)OC(F)(F)F.CC. The van der Waals surface area contributed by atoms with Crippen LogP contribution in [0.1, 0.15) is 27.2 Å². The molecule has 15 heavy (non-hydrogen) atoms. The molecule has 0 aliphatic heterocycles. The third kappa shape index (κ3) is 7.85. The molecule has 0 unspecified atom stereocenters. The van der Waals surface area contributed by atoms with Crippen molar-refractivity contribution >= 4 is 0 Å². The maximum absolute atomic E-state index is 11.8. The molecular weight excluding hydrogens is 205 g/mol. The van der Waals surface area contributed by atoms with E-state index in [1.807, 2.05) is 13.8 Å². The van der Waals surface area contributed by atoms with Crippen LogP contribution in [0.3, 0.4) is 0 Å². The van der Waals surface area contributed by atoms with Gasteiger partial charge in [-0.3, -0.25) is 0 Å². The van der Waals surface area contributed by atoms with Crippen molar-refractivity contribution in [3.63, 3.8) is 0 Å². The molecule has 0 aromatic rings. The number of hydrogen-bond donors (Lipinski definition) is 0. The Morgan fingerprint density at radius 1 is 1.20 bits per heavy atom. The van der Waals surface area contributed by atoms with E-state index in [4.69, 9.17) is 0 Å². The number of alkyl halides is 3. The molecule has 0 aromatic carbocycles. The minimum atomic E-state index is -4.67. The summed E-state index contributed by atoms with van der Waals surface area (Å²) < 4.78 is 39.1. The zero-order valence-electron chi connectivity index (χ0n) is 9.32. The van der Waals surface area contributed by atoms with E-state index in [1.54, 1.807) is 6.92 Å². The van der Waals surface area contributed by atoms with E-state index in [1.165, 1.54) is 6.08 Å². The largest absolute Gasteiger partial charge is 0.573 e. The van der Waals surface area contributed by atoms with Crippen LogP contribution in [0, 0.1) is 0 Å². The predicted octanol–water partition coefficient (Wildman–Crippen LogP) is 4.59. The Morgan fingerprint density at radius 3 is 1.87 bits per heavy atom. The quantitative estimate of drug-likeness (QED) is 0.499. The summed E-state index contributed by atoms with van der Waals surface area (Å²) in [5.41, 5.74) is 0.382. The lowest BCUT2D eigenvalue weighted by Gasteiger charge is -2.11. The molecule has 0 saturated carbocycles. The van der Waals surface area contributed by atoms with Gasteiger partial charge in [-0.05, 0) is 18.1 Å². The fourth-order valence-corrected chi connectivity index (χ4v) is 0.782. The summed E-state index contributed by atoms with van der Waals surface area (Å²) in [6, 6.07) is 0. The molecule has 0 N–H and O–H groups in total. The van der Waals surface area contributed by atoms with Gasteiger partial charge in [0, 0.05) is 0 Å². The summed E-state index contributed by atoms with van der Waals surface area (Å²) in [6.45, 7) is 12.3. The maximum Gasteiger partial charge on any atom is 0.573 e. The second-order valence-corrected chi connectivity index (χ2v) is 2.20. The van der Waals surface area contributed by atoms with Gasteiger partial charge in [0.25, 0.3) is 0 Å². The Hall–Kier alpha value is -1.19. The first-order valence-electron chi connectivity index (χ1n) is 4.68. The fraction of sp³-hybridized carbons (Fsp3) is 0.455. The fourth-order valence-electron chi connectivity index (χ4n) is 0.782. The van der Waals surface area contributed by atoms with Gasteiger partial charge in [-0.25, -0.2) is 0 Å². The van der Waals surface area contributed by atoms with E-state index < -0.39 is 6.36 Å². The predicted molar refractivity (Wildman–Crippen MR) is 56.2 cm³/mol. The van der Waals surface area contributed by atoms with E-state index in [0.717, 1.165) is 6.08 Å². The molecule has 0 radical (unpaired) electrons. The lowest BCUT2D eigenvalue weighted by Crippen LogP contribution is -2.13. The van der Waals surface area contributed by atoms with Gasteiger partial charge in [0.2, 0.25) is 0 Å². The van der Waals surface area contributed by atoms with E-state index in [2.05, 4.69) is 17.9 Å². The van der Waals surface area contributed by atoms with E-state index in [-0.39, 0.29) is 5.76 Å². The molecule has 4 heteroatoms. The molecule has 0 spiro atoms. The van der Waals surface area contributed by atoms with Crippen LogP contribution in [0.5, 0.6) is 0 Å². The lowest BCUT2D eigenvalue weighted by molar-refractivity contribution is -0.303. The molecule has 88 valence electrons. The van der Waals surface area contributed by atoms with Crippen molar-refractivity contribution in [2.24, 2.45) is 0 Å². The van der Waals surface area contributed by atoms with E-state index in [9.17, 15) is 13.2 Å². The summed E-state index contributed by atoms with van der Waals surface area (Å²) in [5, 5.41) is 0. The van der Waals surface area contributed by atoms with Gasteiger partial charge >= 0.3 is 6.36 Å². The summed E-state index contributed by atoms with van der Waals surface area (Å²) in [6.07, 6.45) is -1.91. The number of ether oxygens (including phenoxy) is 1. The molecule has 0 heterocycles. The van der Waals surface area contributed by atoms with Crippen LogP contribution in [0.4, 0.5) is 13.2 Å². The first kappa shape index (κ1) is 16.2. The van der Waals surface area contributed by atoms with Gasteiger partial charge in [0.05, 0.1) is 0 Å². The molecule has 0 aromatic heterocycles. The van der Waals surface area contributed by atoms with Crippen molar-refractivity contribution in [2.45, 2.75) is 33.6 Å². The van der Waals surface area contributed by atoms with Gasteiger partial charge in [0.1, 0.15) is 5.76 Å². The molecule has 0 fully saturated rings. The minimum absolute atomic E-state index is 0.287. The van der Waals surface area contributed by atoms with Gasteiger partial charge in [-0.2, -0.15) is 0 Å². The molecule has 0 amide bonds. The van der Waals surface area contributed by atoms with Crippen LogP contribution in [0.25, 0.3) is 0 Å². The van der Waals surface area contributed by atoms with Gasteiger partial charge in [-0.15, -0.1) is 13.2 Å². The highest BCUT2D eigenvalue weighted by Gasteiger charge is 2.31. The van der Waals surface area contributed by atoms with Crippen molar-refractivity contribution in [3.8, 4) is 0 Å². The van der Waals surface area contributed by atoms with Crippen molar-refractivity contribution in [1.29, 1.82) is 0 Å². The van der Waals surface area contributed by atoms with Gasteiger partial charge in [0.15, 0.2) is 0 Å². The van der Waals surface area contributed by atoms with Gasteiger partial charge < -0.3 is 4.74 Å². The molecule has 0 bridgehead atoms. The van der Waals surface area contributed by atoms with Crippen molar-refractivity contribution in [1.82, 2.24) is 0 Å². The maximum atomic E-state index is 11.8. The van der Waals surface area contributed by atoms with E-state index >= 15 is 0 Å². The normalized spacial score (nSPS) is 11.9. The van der Waals surface area contributed by atoms with Crippen LogP contribution in [0.2, 0.25) is 0 Å². The molecular formula is C11H17F3O. The minimum Gasteiger partial charge on any atom is -0.406 e. The monoisotopic (exact) mass is 222 g/mol. The molecule has 0 rings (SSSR count). The zero-order valence-corrected chi connectivity index (χ0v) is 9.32. The van der Waals surface area contributed by atoms with Crippen LogP contribution in [-0.2, 0) is 4.74 Å². The topological polar surface area (TPSA) is 9.23 Å². The van der Waals surface area contributed by atoms with E-state index in [0.29, 0.717) is 12.0 Å². The van der Waals surface area contributed by atoms with Crippen molar-refractivity contribution in [2.75, 3.05) is 0 Å². The highest BCUT2D eigenvalue weighted by molar-refractivity contribution is 5.26. The molecule has 0 atom stereocenters. The van der Waals surface area contributed by atoms with Crippen LogP contribution < -0.4 is 0 Å². The Kier molecular flexibility index (Phi) is 8.82. The Bertz CT molecular complexity index is 226. The number of hydrogen-bond acceptors (Lipinski definition) is 1. The van der Waals surface area contributed by atoms with Crippen LogP contribution in [0.15, 0.2) is 36.6 Å². The van der Waals surface area contributed by atoms with Crippen molar-refractivity contribution < 1.29 is 17.9 Å². The second-order valence-electron chi connectivity index (χ2n) is 2.20. The summed E-state index contributed by atoms with van der Waals surface area (Å²) >= 11 is 0. The highest BCUT2D eigenvalue weighted by atomic mass is 19.4. The number of halogens is 3. The zero-order chi connectivity index (χ0) is 12.5. The number of rotatable bonds is 4. The average Bonchev–Trinajstić information content (AvgIpc) is 2.19. The smallest absolute Gasteiger partial charge is 0.406 e.